The number of rotatable bonds is 2. The van der Waals surface area contributed by atoms with Gasteiger partial charge in [0.15, 0.2) is 0 Å². The van der Waals surface area contributed by atoms with Gasteiger partial charge < -0.3 is 9.30 Å². The van der Waals surface area contributed by atoms with Crippen molar-refractivity contribution in [3.63, 3.8) is 0 Å². The summed E-state index contributed by atoms with van der Waals surface area (Å²) in [6.07, 6.45) is 1.86. The van der Waals surface area contributed by atoms with Gasteiger partial charge in [-0.15, -0.1) is 0 Å². The minimum Gasteiger partial charge on any atom is -0.464 e. The van der Waals surface area contributed by atoms with E-state index in [9.17, 15) is 4.79 Å². The van der Waals surface area contributed by atoms with Crippen LogP contribution >= 0.6 is 15.9 Å². The van der Waals surface area contributed by atoms with Gasteiger partial charge in [-0.3, -0.25) is 0 Å². The Hall–Kier alpha value is -1.55. The highest BCUT2D eigenvalue weighted by Crippen LogP contribution is 2.22. The average molecular weight is 294 g/mol. The lowest BCUT2D eigenvalue weighted by Crippen LogP contribution is -2.09. The van der Waals surface area contributed by atoms with E-state index in [1.54, 1.807) is 6.07 Å². The number of carbonyl (C=O) groups excluding carboxylic acids is 1. The number of aryl methyl sites for hydroxylation is 1. The lowest BCUT2D eigenvalue weighted by Gasteiger charge is -2.10. The number of esters is 1. The van der Waals surface area contributed by atoms with Crippen molar-refractivity contribution in [3.8, 4) is 5.69 Å². The van der Waals surface area contributed by atoms with Gasteiger partial charge in [0, 0.05) is 16.4 Å². The molecule has 0 bridgehead atoms. The standard InChI is InChI=1S/C13H12BrNO2/c1-9-5-3-4-6-11(9)15-8-10(14)7-12(15)13(16)17-2/h3-8H,1-2H3. The fourth-order valence-electron chi connectivity index (χ4n) is 1.73. The number of ether oxygens (including phenoxy) is 1. The molecule has 4 heteroatoms. The van der Waals surface area contributed by atoms with E-state index >= 15 is 0 Å². The van der Waals surface area contributed by atoms with Crippen molar-refractivity contribution in [1.29, 1.82) is 0 Å². The molecule has 0 aliphatic carbocycles. The number of halogens is 1. The second-order valence-electron chi connectivity index (χ2n) is 3.69. The average Bonchev–Trinajstić information content (AvgIpc) is 2.71. The molecule has 1 aromatic carbocycles. The molecule has 2 aromatic rings. The van der Waals surface area contributed by atoms with Gasteiger partial charge in [0.05, 0.1) is 7.11 Å². The zero-order chi connectivity index (χ0) is 12.4. The second kappa shape index (κ2) is 4.75. The molecule has 0 fully saturated rings. The first-order valence-electron chi connectivity index (χ1n) is 5.15. The summed E-state index contributed by atoms with van der Waals surface area (Å²) in [5.74, 6) is -0.348. The molecule has 88 valence electrons. The normalized spacial score (nSPS) is 10.3. The number of hydrogen-bond acceptors (Lipinski definition) is 2. The number of para-hydroxylation sites is 1. The minimum absolute atomic E-state index is 0.348. The Bertz CT molecular complexity index is 560. The molecule has 0 saturated carbocycles. The van der Waals surface area contributed by atoms with Gasteiger partial charge in [0.1, 0.15) is 5.69 Å². The third kappa shape index (κ3) is 2.26. The third-order valence-corrected chi connectivity index (χ3v) is 2.99. The van der Waals surface area contributed by atoms with E-state index in [4.69, 9.17) is 4.74 Å². The zero-order valence-corrected chi connectivity index (χ0v) is 11.2. The Labute approximate surface area is 108 Å². The predicted molar refractivity (Wildman–Crippen MR) is 69.5 cm³/mol. The molecule has 0 saturated heterocycles. The predicted octanol–water partition coefficient (Wildman–Crippen LogP) is 3.33. The van der Waals surface area contributed by atoms with Crippen molar-refractivity contribution in [2.75, 3.05) is 7.11 Å². The quantitative estimate of drug-likeness (QED) is 0.795. The van der Waals surface area contributed by atoms with Crippen molar-refractivity contribution < 1.29 is 9.53 Å². The summed E-state index contributed by atoms with van der Waals surface area (Å²) in [5.41, 5.74) is 2.58. The van der Waals surface area contributed by atoms with Crippen LogP contribution in [0.5, 0.6) is 0 Å². The van der Waals surface area contributed by atoms with Gasteiger partial charge >= 0.3 is 5.97 Å². The molecular formula is C13H12BrNO2. The van der Waals surface area contributed by atoms with E-state index in [1.807, 2.05) is 42.0 Å². The molecular weight excluding hydrogens is 282 g/mol. The first-order chi connectivity index (χ1) is 8.13. The van der Waals surface area contributed by atoms with Crippen LogP contribution in [0, 0.1) is 6.92 Å². The van der Waals surface area contributed by atoms with Crippen LogP contribution in [0.1, 0.15) is 16.1 Å². The van der Waals surface area contributed by atoms with Crippen LogP contribution in [0.4, 0.5) is 0 Å². The summed E-state index contributed by atoms with van der Waals surface area (Å²) in [6, 6.07) is 9.63. The van der Waals surface area contributed by atoms with E-state index in [0.29, 0.717) is 5.69 Å². The first kappa shape index (κ1) is 11.9. The SMILES string of the molecule is COC(=O)c1cc(Br)cn1-c1ccccc1C. The number of hydrogen-bond donors (Lipinski definition) is 0. The van der Waals surface area contributed by atoms with Gasteiger partial charge in [0.2, 0.25) is 0 Å². The van der Waals surface area contributed by atoms with Crippen LogP contribution in [0.15, 0.2) is 41.0 Å². The lowest BCUT2D eigenvalue weighted by molar-refractivity contribution is 0.0591. The van der Waals surface area contributed by atoms with Crippen molar-refractivity contribution >= 4 is 21.9 Å². The Morgan fingerprint density at radius 2 is 2.06 bits per heavy atom. The fourth-order valence-corrected chi connectivity index (χ4v) is 2.15. The Morgan fingerprint density at radius 3 is 2.71 bits per heavy atom. The van der Waals surface area contributed by atoms with Gasteiger partial charge in [-0.2, -0.15) is 0 Å². The van der Waals surface area contributed by atoms with Gasteiger partial charge in [-0.1, -0.05) is 18.2 Å². The molecule has 0 radical (unpaired) electrons. The van der Waals surface area contributed by atoms with Crippen LogP contribution in [-0.4, -0.2) is 17.6 Å². The number of carbonyl (C=O) groups is 1. The molecule has 0 spiro atoms. The van der Waals surface area contributed by atoms with Gasteiger partial charge in [0.25, 0.3) is 0 Å². The van der Waals surface area contributed by atoms with Gasteiger partial charge in [-0.25, -0.2) is 4.79 Å². The van der Waals surface area contributed by atoms with E-state index in [0.717, 1.165) is 15.7 Å². The number of benzene rings is 1. The smallest absolute Gasteiger partial charge is 0.355 e. The third-order valence-electron chi connectivity index (χ3n) is 2.56. The largest absolute Gasteiger partial charge is 0.464 e. The van der Waals surface area contributed by atoms with Crippen LogP contribution in [0.2, 0.25) is 0 Å². The fraction of sp³-hybridized carbons (Fsp3) is 0.154. The van der Waals surface area contributed by atoms with E-state index in [2.05, 4.69) is 15.9 Å². The number of methoxy groups -OCH3 is 1. The monoisotopic (exact) mass is 293 g/mol. The van der Waals surface area contributed by atoms with Crippen molar-refractivity contribution in [2.24, 2.45) is 0 Å². The maximum absolute atomic E-state index is 11.7. The lowest BCUT2D eigenvalue weighted by atomic mass is 10.2. The Balaban J connectivity index is 2.60. The van der Waals surface area contributed by atoms with Crippen molar-refractivity contribution in [1.82, 2.24) is 4.57 Å². The molecule has 2 rings (SSSR count). The molecule has 0 aliphatic rings. The van der Waals surface area contributed by atoms with Crippen molar-refractivity contribution in [3.05, 3.63) is 52.3 Å². The van der Waals surface area contributed by atoms with Gasteiger partial charge in [-0.05, 0) is 40.5 Å². The summed E-state index contributed by atoms with van der Waals surface area (Å²) in [7, 11) is 1.38. The molecule has 17 heavy (non-hydrogen) atoms. The van der Waals surface area contributed by atoms with Crippen LogP contribution in [0.25, 0.3) is 5.69 Å². The second-order valence-corrected chi connectivity index (χ2v) is 4.61. The number of nitrogens with zero attached hydrogens (tertiary/aromatic N) is 1. The number of aromatic nitrogens is 1. The molecule has 1 heterocycles. The highest BCUT2D eigenvalue weighted by molar-refractivity contribution is 9.10. The Kier molecular flexibility index (Phi) is 3.33. The summed E-state index contributed by atoms with van der Waals surface area (Å²) in [6.45, 7) is 2.00. The molecule has 0 unspecified atom stereocenters. The van der Waals surface area contributed by atoms with Crippen LogP contribution in [0.3, 0.4) is 0 Å². The zero-order valence-electron chi connectivity index (χ0n) is 9.61. The summed E-state index contributed by atoms with van der Waals surface area (Å²) < 4.78 is 7.44. The van der Waals surface area contributed by atoms with E-state index in [1.165, 1.54) is 7.11 Å². The first-order valence-corrected chi connectivity index (χ1v) is 5.95. The summed E-state index contributed by atoms with van der Waals surface area (Å²) in [4.78, 5) is 11.7. The molecule has 0 amide bonds. The summed E-state index contributed by atoms with van der Waals surface area (Å²) in [5, 5.41) is 0. The molecule has 3 nitrogen and oxygen atoms in total. The molecule has 0 N–H and O–H groups in total. The molecule has 0 atom stereocenters. The summed E-state index contributed by atoms with van der Waals surface area (Å²) >= 11 is 3.37. The highest BCUT2D eigenvalue weighted by Gasteiger charge is 2.15. The van der Waals surface area contributed by atoms with E-state index < -0.39 is 0 Å². The maximum Gasteiger partial charge on any atom is 0.355 e. The topological polar surface area (TPSA) is 31.2 Å². The minimum atomic E-state index is -0.348. The molecule has 1 aromatic heterocycles. The van der Waals surface area contributed by atoms with Crippen molar-refractivity contribution in [2.45, 2.75) is 6.92 Å². The van der Waals surface area contributed by atoms with E-state index in [-0.39, 0.29) is 5.97 Å². The maximum atomic E-state index is 11.7. The Morgan fingerprint density at radius 1 is 1.35 bits per heavy atom. The van der Waals surface area contributed by atoms with Crippen LogP contribution < -0.4 is 0 Å². The highest BCUT2D eigenvalue weighted by atomic mass is 79.9. The molecule has 0 aliphatic heterocycles. The van der Waals surface area contributed by atoms with Crippen LogP contribution in [-0.2, 0) is 4.74 Å².